The number of nitrogens with one attached hydrogen (secondary N) is 1. The van der Waals surface area contributed by atoms with Crippen molar-refractivity contribution in [2.24, 2.45) is 0 Å². The van der Waals surface area contributed by atoms with Crippen molar-refractivity contribution in [3.63, 3.8) is 0 Å². The lowest BCUT2D eigenvalue weighted by Crippen LogP contribution is -1.98. The lowest BCUT2D eigenvalue weighted by Gasteiger charge is -2.11. The molecule has 0 aliphatic rings. The Morgan fingerprint density at radius 3 is 2.81 bits per heavy atom. The maximum atomic E-state index is 9.21. The van der Waals surface area contributed by atoms with Gasteiger partial charge in [0.2, 0.25) is 0 Å². The number of H-pyrrole nitrogens is 1. The van der Waals surface area contributed by atoms with Crippen molar-refractivity contribution in [3.8, 4) is 17.5 Å². The van der Waals surface area contributed by atoms with Crippen LogP contribution in [0.3, 0.4) is 0 Å². The highest BCUT2D eigenvalue weighted by atomic mass is 32.1. The average Bonchev–Trinajstić information content (AvgIpc) is 2.82. The monoisotopic (exact) mass is 295 g/mol. The van der Waals surface area contributed by atoms with E-state index in [1.807, 2.05) is 41.8 Å². The zero-order valence-electron chi connectivity index (χ0n) is 11.7. The number of benzene rings is 2. The molecule has 1 heterocycles. The molecule has 0 amide bonds. The van der Waals surface area contributed by atoms with Crippen molar-refractivity contribution < 1.29 is 4.74 Å². The number of imidazole rings is 1. The molecule has 1 N–H and O–H groups in total. The maximum Gasteiger partial charge on any atom is 0.182 e. The van der Waals surface area contributed by atoms with Gasteiger partial charge < -0.3 is 9.72 Å². The molecule has 3 rings (SSSR count). The molecule has 0 aliphatic heterocycles. The van der Waals surface area contributed by atoms with Crippen molar-refractivity contribution in [2.45, 2.75) is 6.92 Å². The molecule has 0 saturated carbocycles. The zero-order chi connectivity index (χ0) is 15.0. The molecule has 5 heteroatoms. The third kappa shape index (κ3) is 2.10. The van der Waals surface area contributed by atoms with E-state index < -0.39 is 0 Å². The molecule has 0 aliphatic carbocycles. The van der Waals surface area contributed by atoms with Gasteiger partial charge in [-0.2, -0.15) is 5.26 Å². The molecular weight excluding hydrogens is 282 g/mol. The van der Waals surface area contributed by atoms with E-state index in [1.165, 1.54) is 0 Å². The molecule has 0 spiro atoms. The van der Waals surface area contributed by atoms with Gasteiger partial charge in [-0.1, -0.05) is 12.1 Å². The van der Waals surface area contributed by atoms with E-state index in [4.69, 9.17) is 17.0 Å². The van der Waals surface area contributed by atoms with Crippen LogP contribution in [0.4, 0.5) is 0 Å². The molecule has 0 unspecified atom stereocenters. The molecule has 0 saturated heterocycles. The van der Waals surface area contributed by atoms with E-state index in [0.29, 0.717) is 10.3 Å². The largest absolute Gasteiger partial charge is 0.495 e. The Morgan fingerprint density at radius 2 is 2.10 bits per heavy atom. The van der Waals surface area contributed by atoms with Crippen molar-refractivity contribution in [2.75, 3.05) is 7.11 Å². The summed E-state index contributed by atoms with van der Waals surface area (Å²) in [6.07, 6.45) is 0. The topological polar surface area (TPSA) is 53.7 Å². The van der Waals surface area contributed by atoms with Crippen LogP contribution in [0.5, 0.6) is 5.75 Å². The van der Waals surface area contributed by atoms with Crippen molar-refractivity contribution in [1.82, 2.24) is 9.55 Å². The number of hydrogen-bond donors (Lipinski definition) is 1. The fraction of sp³-hybridized carbons (Fsp3) is 0.125. The maximum absolute atomic E-state index is 9.21. The molecule has 0 radical (unpaired) electrons. The summed E-state index contributed by atoms with van der Waals surface area (Å²) in [6, 6.07) is 13.7. The number of aromatic nitrogens is 2. The van der Waals surface area contributed by atoms with Crippen LogP contribution in [-0.4, -0.2) is 16.7 Å². The van der Waals surface area contributed by atoms with E-state index in [-0.39, 0.29) is 0 Å². The summed E-state index contributed by atoms with van der Waals surface area (Å²) in [5.74, 6) is 0.736. The lowest BCUT2D eigenvalue weighted by atomic mass is 10.2. The summed E-state index contributed by atoms with van der Waals surface area (Å²) in [7, 11) is 1.63. The second-order valence-electron chi connectivity index (χ2n) is 4.75. The van der Waals surface area contributed by atoms with E-state index in [0.717, 1.165) is 28.0 Å². The second kappa shape index (κ2) is 5.08. The van der Waals surface area contributed by atoms with Gasteiger partial charge in [0.25, 0.3) is 0 Å². The number of nitrogens with zero attached hydrogens (tertiary/aromatic N) is 2. The highest BCUT2D eigenvalue weighted by Crippen LogP contribution is 2.29. The molecule has 4 nitrogen and oxygen atoms in total. The molecule has 1 aromatic heterocycles. The first kappa shape index (κ1) is 13.4. The van der Waals surface area contributed by atoms with Crippen LogP contribution in [0.25, 0.3) is 16.7 Å². The van der Waals surface area contributed by atoms with Crippen LogP contribution < -0.4 is 4.74 Å². The molecule has 21 heavy (non-hydrogen) atoms. The van der Waals surface area contributed by atoms with Gasteiger partial charge in [0.1, 0.15) is 11.8 Å². The number of ether oxygens (including phenoxy) is 1. The van der Waals surface area contributed by atoms with Crippen molar-refractivity contribution in [3.05, 3.63) is 52.3 Å². The SMILES string of the molecule is COc1ccc(C)cc1-n1c(=S)[nH]c2c(C#N)cccc21. The summed E-state index contributed by atoms with van der Waals surface area (Å²) >= 11 is 5.44. The molecule has 2 aromatic carbocycles. The number of hydrogen-bond acceptors (Lipinski definition) is 3. The normalized spacial score (nSPS) is 10.5. The Kier molecular flexibility index (Phi) is 3.24. The highest BCUT2D eigenvalue weighted by molar-refractivity contribution is 7.71. The molecule has 104 valence electrons. The second-order valence-corrected chi connectivity index (χ2v) is 5.14. The first-order valence-electron chi connectivity index (χ1n) is 6.44. The fourth-order valence-corrected chi connectivity index (χ4v) is 2.74. The lowest BCUT2D eigenvalue weighted by molar-refractivity contribution is 0.413. The number of aryl methyl sites for hydroxylation is 1. The van der Waals surface area contributed by atoms with E-state index in [2.05, 4.69) is 11.1 Å². The molecule has 3 aromatic rings. The van der Waals surface area contributed by atoms with Gasteiger partial charge in [-0.15, -0.1) is 0 Å². The average molecular weight is 295 g/mol. The predicted molar refractivity (Wildman–Crippen MR) is 84.5 cm³/mol. The van der Waals surface area contributed by atoms with E-state index in [1.54, 1.807) is 13.2 Å². The van der Waals surface area contributed by atoms with Gasteiger partial charge in [0, 0.05) is 0 Å². The minimum absolute atomic E-state index is 0.539. The van der Waals surface area contributed by atoms with E-state index in [9.17, 15) is 5.26 Å². The summed E-state index contributed by atoms with van der Waals surface area (Å²) in [5, 5.41) is 9.21. The van der Waals surface area contributed by atoms with Gasteiger partial charge >= 0.3 is 0 Å². The Balaban J connectivity index is 2.42. The number of para-hydroxylation sites is 1. The standard InChI is InChI=1S/C16H13N3OS/c1-10-6-7-14(20-2)13(8-10)19-12-5-3-4-11(9-17)15(12)18-16(19)21/h3-8H,1-2H3,(H,18,21). The summed E-state index contributed by atoms with van der Waals surface area (Å²) in [5.41, 5.74) is 4.16. The molecule has 0 fully saturated rings. The molecule has 0 bridgehead atoms. The summed E-state index contributed by atoms with van der Waals surface area (Å²) in [6.45, 7) is 2.02. The predicted octanol–water partition coefficient (Wildman–Crippen LogP) is 3.88. The number of aromatic amines is 1. The number of methoxy groups -OCH3 is 1. The Bertz CT molecular complexity index is 931. The van der Waals surface area contributed by atoms with Gasteiger partial charge in [-0.3, -0.25) is 4.57 Å². The first-order chi connectivity index (χ1) is 10.2. The molecular formula is C16H13N3OS. The van der Waals surface area contributed by atoms with Gasteiger partial charge in [0.05, 0.1) is 29.4 Å². The van der Waals surface area contributed by atoms with Gasteiger partial charge in [0.15, 0.2) is 4.77 Å². The van der Waals surface area contributed by atoms with Crippen LogP contribution in [-0.2, 0) is 0 Å². The first-order valence-corrected chi connectivity index (χ1v) is 6.85. The smallest absolute Gasteiger partial charge is 0.182 e. The Morgan fingerprint density at radius 1 is 1.29 bits per heavy atom. The Hall–Kier alpha value is -2.58. The Labute approximate surface area is 127 Å². The van der Waals surface area contributed by atoms with Crippen LogP contribution in [0, 0.1) is 23.0 Å². The van der Waals surface area contributed by atoms with Crippen molar-refractivity contribution in [1.29, 1.82) is 5.26 Å². The third-order valence-electron chi connectivity index (χ3n) is 3.41. The molecule has 0 atom stereocenters. The minimum atomic E-state index is 0.539. The minimum Gasteiger partial charge on any atom is -0.495 e. The van der Waals surface area contributed by atoms with Crippen LogP contribution in [0.1, 0.15) is 11.1 Å². The van der Waals surface area contributed by atoms with Crippen LogP contribution in [0.2, 0.25) is 0 Å². The quantitative estimate of drug-likeness (QED) is 0.730. The number of fused-ring (bicyclic) bond motifs is 1. The number of nitriles is 1. The fourth-order valence-electron chi connectivity index (χ4n) is 2.44. The van der Waals surface area contributed by atoms with E-state index >= 15 is 0 Å². The van der Waals surface area contributed by atoms with Crippen LogP contribution in [0.15, 0.2) is 36.4 Å². The van der Waals surface area contributed by atoms with Crippen molar-refractivity contribution >= 4 is 23.3 Å². The number of rotatable bonds is 2. The van der Waals surface area contributed by atoms with Gasteiger partial charge in [-0.05, 0) is 49.0 Å². The third-order valence-corrected chi connectivity index (χ3v) is 3.70. The summed E-state index contributed by atoms with van der Waals surface area (Å²) < 4.78 is 7.88. The zero-order valence-corrected chi connectivity index (χ0v) is 12.5. The van der Waals surface area contributed by atoms with Gasteiger partial charge in [-0.25, -0.2) is 0 Å². The van der Waals surface area contributed by atoms with Crippen LogP contribution >= 0.6 is 12.2 Å². The highest BCUT2D eigenvalue weighted by Gasteiger charge is 2.13. The summed E-state index contributed by atoms with van der Waals surface area (Å²) in [4.78, 5) is 3.12.